The summed E-state index contributed by atoms with van der Waals surface area (Å²) in [4.78, 5) is 9.80. The topological polar surface area (TPSA) is 37.3 Å². The highest BCUT2D eigenvalue weighted by molar-refractivity contribution is 9.09. The van der Waals surface area contributed by atoms with E-state index in [9.17, 15) is 4.79 Å². The van der Waals surface area contributed by atoms with Gasteiger partial charge in [-0.3, -0.25) is 4.79 Å². The van der Waals surface area contributed by atoms with Gasteiger partial charge in [-0.1, -0.05) is 15.9 Å². The van der Waals surface area contributed by atoms with Crippen LogP contribution in [-0.4, -0.2) is 11.1 Å². The van der Waals surface area contributed by atoms with Gasteiger partial charge in [0, 0.05) is 0 Å². The van der Waals surface area contributed by atoms with Crippen LogP contribution in [0.25, 0.3) is 0 Å². The second-order valence-corrected chi connectivity index (χ2v) is 3.45. The average Bonchev–Trinajstić information content (AvgIpc) is 2.36. The predicted molar refractivity (Wildman–Crippen MR) is 43.6 cm³/mol. The van der Waals surface area contributed by atoms with Gasteiger partial charge in [-0.25, -0.2) is 0 Å². The van der Waals surface area contributed by atoms with Crippen LogP contribution in [0.1, 0.15) is 10.4 Å². The molecule has 2 nitrogen and oxygen atoms in total. The molecule has 1 rings (SSSR count). The van der Waals surface area contributed by atoms with E-state index in [4.69, 9.17) is 5.11 Å². The Morgan fingerprint density at radius 2 is 2.50 bits per heavy atom. The molecule has 4 heteroatoms. The highest BCUT2D eigenvalue weighted by Crippen LogP contribution is 2.24. The molecule has 0 aliphatic heterocycles. The average molecular weight is 221 g/mol. The molecule has 0 saturated heterocycles. The van der Waals surface area contributed by atoms with Crippen LogP contribution in [-0.2, 0) is 4.79 Å². The third kappa shape index (κ3) is 1.58. The Balaban J connectivity index is 2.77. The summed E-state index contributed by atoms with van der Waals surface area (Å²) in [6.07, 6.45) is 0. The van der Waals surface area contributed by atoms with Crippen molar-refractivity contribution in [3.8, 4) is 0 Å². The van der Waals surface area contributed by atoms with Crippen molar-refractivity contribution in [3.63, 3.8) is 0 Å². The smallest absolute Gasteiger partial charge is 0.321 e. The third-order valence-corrected chi connectivity index (χ3v) is 2.67. The first-order chi connectivity index (χ1) is 4.72. The van der Waals surface area contributed by atoms with Gasteiger partial charge < -0.3 is 5.11 Å². The number of rotatable bonds is 2. The van der Waals surface area contributed by atoms with E-state index < -0.39 is 10.8 Å². The van der Waals surface area contributed by atoms with Gasteiger partial charge >= 0.3 is 5.97 Å². The summed E-state index contributed by atoms with van der Waals surface area (Å²) in [5.41, 5.74) is 0.803. The second-order valence-electron chi connectivity index (χ2n) is 1.76. The quantitative estimate of drug-likeness (QED) is 0.777. The molecule has 54 valence electrons. The van der Waals surface area contributed by atoms with E-state index in [-0.39, 0.29) is 0 Å². The molecular weight excluding hydrogens is 216 g/mol. The summed E-state index contributed by atoms with van der Waals surface area (Å²) in [7, 11) is 0. The van der Waals surface area contributed by atoms with Crippen molar-refractivity contribution in [1.29, 1.82) is 0 Å². The Morgan fingerprint density at radius 3 is 2.90 bits per heavy atom. The first-order valence-electron chi connectivity index (χ1n) is 2.61. The van der Waals surface area contributed by atoms with Gasteiger partial charge in [-0.15, -0.1) is 0 Å². The summed E-state index contributed by atoms with van der Waals surface area (Å²) in [6.45, 7) is 0. The number of carboxylic acids is 1. The molecule has 0 radical (unpaired) electrons. The molecule has 1 atom stereocenters. The largest absolute Gasteiger partial charge is 0.480 e. The standard InChI is InChI=1S/C6H5BrO2S/c7-5(6(8)9)4-1-2-10-3-4/h1-3,5H,(H,8,9)/t5-/m0/s1. The van der Waals surface area contributed by atoms with E-state index >= 15 is 0 Å². The minimum absolute atomic E-state index is 0.557. The summed E-state index contributed by atoms with van der Waals surface area (Å²) in [6, 6.07) is 1.79. The number of aliphatic carboxylic acids is 1. The molecule has 0 fully saturated rings. The fourth-order valence-electron chi connectivity index (χ4n) is 0.562. The number of hydrogen-bond donors (Lipinski definition) is 1. The highest BCUT2D eigenvalue weighted by atomic mass is 79.9. The molecule has 0 aliphatic rings. The molecule has 0 aliphatic carbocycles. The van der Waals surface area contributed by atoms with Crippen LogP contribution in [0.15, 0.2) is 16.8 Å². The lowest BCUT2D eigenvalue weighted by atomic mass is 10.2. The Morgan fingerprint density at radius 1 is 1.80 bits per heavy atom. The van der Waals surface area contributed by atoms with Crippen molar-refractivity contribution in [2.75, 3.05) is 0 Å². The van der Waals surface area contributed by atoms with Crippen molar-refractivity contribution in [2.45, 2.75) is 4.83 Å². The van der Waals surface area contributed by atoms with Gasteiger partial charge in [0.15, 0.2) is 0 Å². The van der Waals surface area contributed by atoms with E-state index in [1.54, 1.807) is 6.07 Å². The van der Waals surface area contributed by atoms with E-state index in [1.165, 1.54) is 11.3 Å². The molecule has 0 saturated carbocycles. The first-order valence-corrected chi connectivity index (χ1v) is 4.46. The van der Waals surface area contributed by atoms with Crippen LogP contribution in [0.3, 0.4) is 0 Å². The molecule has 10 heavy (non-hydrogen) atoms. The maximum atomic E-state index is 10.4. The predicted octanol–water partition coefficient (Wildman–Crippen LogP) is 2.27. The first kappa shape index (κ1) is 7.75. The fraction of sp³-hybridized carbons (Fsp3) is 0.167. The SMILES string of the molecule is O=C(O)[C@@H](Br)c1ccsc1. The lowest BCUT2D eigenvalue weighted by Crippen LogP contribution is -2.02. The normalized spacial score (nSPS) is 12.9. The van der Waals surface area contributed by atoms with Crippen molar-refractivity contribution in [3.05, 3.63) is 22.4 Å². The minimum atomic E-state index is -0.849. The monoisotopic (exact) mass is 220 g/mol. The van der Waals surface area contributed by atoms with Gasteiger partial charge in [-0.2, -0.15) is 11.3 Å². The van der Waals surface area contributed by atoms with Gasteiger partial charge in [-0.05, 0) is 22.4 Å². The Hall–Kier alpha value is -0.350. The Bertz CT molecular complexity index is 220. The zero-order chi connectivity index (χ0) is 7.56. The second kappa shape index (κ2) is 3.16. The third-order valence-electron chi connectivity index (χ3n) is 1.05. The van der Waals surface area contributed by atoms with Crippen molar-refractivity contribution >= 4 is 33.2 Å². The molecule has 0 spiro atoms. The van der Waals surface area contributed by atoms with Gasteiger partial charge in [0.2, 0.25) is 0 Å². The molecular formula is C6H5BrO2S. The molecule has 0 aromatic carbocycles. The molecule has 0 bridgehead atoms. The highest BCUT2D eigenvalue weighted by Gasteiger charge is 2.14. The van der Waals surface area contributed by atoms with Gasteiger partial charge in [0.25, 0.3) is 0 Å². The summed E-state index contributed by atoms with van der Waals surface area (Å²) in [5.74, 6) is -0.849. The maximum absolute atomic E-state index is 10.4. The van der Waals surface area contributed by atoms with Crippen LogP contribution >= 0.6 is 27.3 Å². The zero-order valence-corrected chi connectivity index (χ0v) is 7.35. The number of hydrogen-bond acceptors (Lipinski definition) is 2. The summed E-state index contributed by atoms with van der Waals surface area (Å²) in [5, 5.41) is 12.2. The molecule has 1 N–H and O–H groups in total. The minimum Gasteiger partial charge on any atom is -0.480 e. The number of carboxylic acid groups (broad SMARTS) is 1. The van der Waals surface area contributed by atoms with E-state index in [2.05, 4.69) is 15.9 Å². The molecule has 1 aromatic heterocycles. The van der Waals surface area contributed by atoms with E-state index in [0.717, 1.165) is 5.56 Å². The number of alkyl halides is 1. The summed E-state index contributed by atoms with van der Waals surface area (Å²) >= 11 is 4.53. The van der Waals surface area contributed by atoms with Crippen LogP contribution in [0.5, 0.6) is 0 Å². The lowest BCUT2D eigenvalue weighted by Gasteiger charge is -1.98. The van der Waals surface area contributed by atoms with Gasteiger partial charge in [0.1, 0.15) is 4.83 Å². The molecule has 0 amide bonds. The van der Waals surface area contributed by atoms with E-state index in [1.807, 2.05) is 10.8 Å². The van der Waals surface area contributed by atoms with Crippen molar-refractivity contribution < 1.29 is 9.90 Å². The van der Waals surface area contributed by atoms with Gasteiger partial charge in [0.05, 0.1) is 0 Å². The molecule has 1 heterocycles. The summed E-state index contributed by atoms with van der Waals surface area (Å²) < 4.78 is 0. The molecule has 0 unspecified atom stereocenters. The zero-order valence-electron chi connectivity index (χ0n) is 4.95. The molecule has 1 aromatic rings. The number of halogens is 1. The van der Waals surface area contributed by atoms with E-state index in [0.29, 0.717) is 0 Å². The van der Waals surface area contributed by atoms with Crippen LogP contribution < -0.4 is 0 Å². The fourth-order valence-corrected chi connectivity index (χ4v) is 1.71. The number of carbonyl (C=O) groups is 1. The van der Waals surface area contributed by atoms with Crippen LogP contribution in [0.2, 0.25) is 0 Å². The lowest BCUT2D eigenvalue weighted by molar-refractivity contribution is -0.136. The Kier molecular flexibility index (Phi) is 2.45. The Labute approximate surface area is 70.6 Å². The number of thiophene rings is 1. The van der Waals surface area contributed by atoms with Crippen molar-refractivity contribution in [1.82, 2.24) is 0 Å². The van der Waals surface area contributed by atoms with Crippen LogP contribution in [0, 0.1) is 0 Å². The maximum Gasteiger partial charge on any atom is 0.321 e. The van der Waals surface area contributed by atoms with Crippen molar-refractivity contribution in [2.24, 2.45) is 0 Å². The van der Waals surface area contributed by atoms with Crippen LogP contribution in [0.4, 0.5) is 0 Å².